The predicted molar refractivity (Wildman–Crippen MR) is 445 cm³/mol. The summed E-state index contributed by atoms with van der Waals surface area (Å²) in [6.45, 7) is 4.54. The second-order valence-electron chi connectivity index (χ2n) is 27.7. The van der Waals surface area contributed by atoms with Crippen molar-refractivity contribution in [3.05, 3.63) is 146 Å². The van der Waals surface area contributed by atoms with Crippen LogP contribution in [-0.4, -0.2) is 96.7 Å². The van der Waals surface area contributed by atoms with Crippen LogP contribution in [0.4, 0.5) is 0 Å². The smallest absolute Gasteiger partial charge is 0.462 e. The average Bonchev–Trinajstić information content (AvgIpc) is 0.896. The summed E-state index contributed by atoms with van der Waals surface area (Å²) in [6, 6.07) is 0. The molecule has 19 heteroatoms. The van der Waals surface area contributed by atoms with E-state index < -0.39 is 97.5 Å². The number of carbonyl (C=O) groups is 4. The van der Waals surface area contributed by atoms with Crippen LogP contribution in [0.15, 0.2) is 146 Å². The number of allylic oxidation sites excluding steroid dienone is 24. The normalized spacial score (nSPS) is 14.5. The van der Waals surface area contributed by atoms with E-state index in [4.69, 9.17) is 37.0 Å². The Kier molecular flexibility index (Phi) is 76.3. The standard InChI is InChI=1S/C89H150O17P2/c1-5-9-13-17-21-25-29-33-37-39-41-43-47-50-54-58-62-66-70-74-87(92)100-80-85(106-89(94)76-72-68-64-60-56-52-48-44-42-40-38-34-30-26-22-18-14-10-6-2)82-104-108(97,98)102-78-83(90)77-101-107(95,96)103-81-84(105-88(93)75-71-67-63-59-55-51-46-36-32-28-24-20-16-12-8-4)79-99-86(91)73-69-65-61-57-53-49-45-35-31-27-23-19-15-11-7-3/h9,11,13,15,21-23,25-27,33-35,37-38,41-45,50,54,62,66,83-85,90H,5-8,10,12,14,16-20,24,28-32,36,39-40,46-49,51-53,55-61,63-65,67-82H2,1-4H3,(H,95,96)(H,97,98)/b13-9-,15-11-,25-21-,26-22-,27-23-,37-33-,38-34-,43-41-,44-42-,45-35-,54-50-,66-62-. The first kappa shape index (κ1) is 103. The van der Waals surface area contributed by atoms with Crippen molar-refractivity contribution >= 4 is 39.5 Å². The molecule has 5 unspecified atom stereocenters. The molecule has 17 nitrogen and oxygen atoms in total. The van der Waals surface area contributed by atoms with Crippen molar-refractivity contribution in [3.8, 4) is 0 Å². The van der Waals surface area contributed by atoms with Crippen molar-refractivity contribution < 1.29 is 80.2 Å². The van der Waals surface area contributed by atoms with Crippen molar-refractivity contribution in [1.29, 1.82) is 0 Å². The molecule has 5 atom stereocenters. The van der Waals surface area contributed by atoms with Gasteiger partial charge in [-0.25, -0.2) is 9.13 Å². The SMILES string of the molecule is CC/C=C\C/C=C\C/C=C\C/C=C\C/C=C\C/C=C\CCC(=O)OCC(COP(=O)(O)OCC(O)COP(=O)(O)OCC(COC(=O)CCCCCCC/C=C\C/C=C\C/C=C\CC)OC(=O)CCCCCCCCCCCCCCCCC)OC(=O)CCCCCCCC/C=C\C/C=C\C/C=C\CCCCC. The molecule has 0 heterocycles. The fraction of sp³-hybridized carbons (Fsp3) is 0.685. The lowest BCUT2D eigenvalue weighted by molar-refractivity contribution is -0.161. The van der Waals surface area contributed by atoms with Gasteiger partial charge in [-0.05, 0) is 135 Å². The Morgan fingerprint density at radius 1 is 0.269 bits per heavy atom. The average molecular weight is 1550 g/mol. The third kappa shape index (κ3) is 79.0. The molecular weight excluding hydrogens is 1400 g/mol. The number of phosphoric acid groups is 2. The highest BCUT2D eigenvalue weighted by atomic mass is 31.2. The highest BCUT2D eigenvalue weighted by Crippen LogP contribution is 2.45. The summed E-state index contributed by atoms with van der Waals surface area (Å²) in [5.74, 6) is -2.30. The number of phosphoric ester groups is 2. The quantitative estimate of drug-likeness (QED) is 0.0169. The summed E-state index contributed by atoms with van der Waals surface area (Å²) >= 11 is 0. The molecular formula is C89H150O17P2. The van der Waals surface area contributed by atoms with Crippen molar-refractivity contribution in [2.45, 2.75) is 354 Å². The zero-order valence-corrected chi connectivity index (χ0v) is 69.5. The molecule has 3 N–H and O–H groups in total. The lowest BCUT2D eigenvalue weighted by atomic mass is 10.0. The van der Waals surface area contributed by atoms with E-state index in [9.17, 15) is 43.2 Å². The maximum atomic E-state index is 13.1. The predicted octanol–water partition coefficient (Wildman–Crippen LogP) is 25.0. The third-order valence-electron chi connectivity index (χ3n) is 17.3. The first-order valence-corrected chi connectivity index (χ1v) is 45.1. The topological polar surface area (TPSA) is 237 Å². The zero-order chi connectivity index (χ0) is 78.9. The third-order valence-corrected chi connectivity index (χ3v) is 19.2. The van der Waals surface area contributed by atoms with Crippen molar-refractivity contribution in [2.24, 2.45) is 0 Å². The maximum absolute atomic E-state index is 13.1. The number of unbranched alkanes of at least 4 members (excludes halogenated alkanes) is 28. The van der Waals surface area contributed by atoms with E-state index in [1.165, 1.54) is 83.5 Å². The molecule has 0 saturated carbocycles. The van der Waals surface area contributed by atoms with Crippen LogP contribution in [-0.2, 0) is 65.4 Å². The van der Waals surface area contributed by atoms with Crippen LogP contribution >= 0.6 is 15.6 Å². The van der Waals surface area contributed by atoms with E-state index in [0.717, 1.165) is 167 Å². The zero-order valence-electron chi connectivity index (χ0n) is 67.7. The van der Waals surface area contributed by atoms with Crippen LogP contribution in [0.3, 0.4) is 0 Å². The second-order valence-corrected chi connectivity index (χ2v) is 30.6. The van der Waals surface area contributed by atoms with Crippen LogP contribution < -0.4 is 0 Å². The number of rotatable bonds is 78. The molecule has 0 aromatic heterocycles. The Morgan fingerprint density at radius 2 is 0.500 bits per heavy atom. The number of ether oxygens (including phenoxy) is 4. The van der Waals surface area contributed by atoms with Crippen LogP contribution in [0, 0.1) is 0 Å². The van der Waals surface area contributed by atoms with Gasteiger partial charge in [0.15, 0.2) is 12.2 Å². The first-order valence-electron chi connectivity index (χ1n) is 42.1. The van der Waals surface area contributed by atoms with Crippen LogP contribution in [0.2, 0.25) is 0 Å². The molecule has 0 radical (unpaired) electrons. The highest BCUT2D eigenvalue weighted by molar-refractivity contribution is 7.47. The van der Waals surface area contributed by atoms with Gasteiger partial charge >= 0.3 is 39.5 Å². The van der Waals surface area contributed by atoms with Crippen LogP contribution in [0.25, 0.3) is 0 Å². The van der Waals surface area contributed by atoms with E-state index in [1.807, 2.05) is 18.2 Å². The molecule has 0 fully saturated rings. The number of aliphatic hydroxyl groups is 1. The lowest BCUT2D eigenvalue weighted by Gasteiger charge is -2.21. The largest absolute Gasteiger partial charge is 0.472 e. The van der Waals surface area contributed by atoms with Gasteiger partial charge in [0.2, 0.25) is 0 Å². The Hall–Kier alpha value is -5.06. The molecule has 0 rings (SSSR count). The molecule has 108 heavy (non-hydrogen) atoms. The number of hydrogen-bond donors (Lipinski definition) is 3. The van der Waals surface area contributed by atoms with Crippen LogP contribution in [0.5, 0.6) is 0 Å². The van der Waals surface area contributed by atoms with Gasteiger partial charge in [-0.15, -0.1) is 0 Å². The Labute approximate surface area is 656 Å². The van der Waals surface area contributed by atoms with E-state index in [-0.39, 0.29) is 25.7 Å². The molecule has 618 valence electrons. The van der Waals surface area contributed by atoms with E-state index in [2.05, 4.69) is 155 Å². The number of carbonyl (C=O) groups excluding carboxylic acids is 4. The maximum Gasteiger partial charge on any atom is 0.472 e. The number of esters is 4. The van der Waals surface area contributed by atoms with E-state index in [0.29, 0.717) is 32.1 Å². The minimum atomic E-state index is -5.01. The molecule has 0 saturated heterocycles. The number of aliphatic hydroxyl groups excluding tert-OH is 1. The molecule has 0 spiro atoms. The minimum absolute atomic E-state index is 0.0294. The monoisotopic (exact) mass is 1550 g/mol. The minimum Gasteiger partial charge on any atom is -0.462 e. The summed E-state index contributed by atoms with van der Waals surface area (Å²) in [5, 5.41) is 10.7. The van der Waals surface area contributed by atoms with E-state index in [1.54, 1.807) is 0 Å². The molecule has 0 aliphatic carbocycles. The van der Waals surface area contributed by atoms with Crippen LogP contribution in [0.1, 0.15) is 336 Å². The number of hydrogen-bond acceptors (Lipinski definition) is 15. The van der Waals surface area contributed by atoms with Gasteiger partial charge in [-0.3, -0.25) is 37.3 Å². The summed E-state index contributed by atoms with van der Waals surface area (Å²) in [4.78, 5) is 73.2. The summed E-state index contributed by atoms with van der Waals surface area (Å²) < 4.78 is 68.7. The fourth-order valence-electron chi connectivity index (χ4n) is 11.0. The van der Waals surface area contributed by atoms with Gasteiger partial charge < -0.3 is 33.8 Å². The Morgan fingerprint density at radius 3 is 0.815 bits per heavy atom. The Balaban J connectivity index is 5.46. The highest BCUT2D eigenvalue weighted by Gasteiger charge is 2.30. The molecule has 0 bridgehead atoms. The van der Waals surface area contributed by atoms with Gasteiger partial charge in [0, 0.05) is 25.7 Å². The fourth-order valence-corrected chi connectivity index (χ4v) is 12.6. The Bertz CT molecular complexity index is 2610. The first-order chi connectivity index (χ1) is 52.7. The van der Waals surface area contributed by atoms with E-state index >= 15 is 0 Å². The summed E-state index contributed by atoms with van der Waals surface area (Å²) in [6.07, 6.45) is 92.5. The van der Waals surface area contributed by atoms with Gasteiger partial charge in [0.1, 0.15) is 19.3 Å². The molecule has 0 aliphatic heterocycles. The van der Waals surface area contributed by atoms with Gasteiger partial charge in [0.25, 0.3) is 0 Å². The second kappa shape index (κ2) is 80.0. The summed E-state index contributed by atoms with van der Waals surface area (Å²) in [7, 11) is -10.00. The molecule has 0 aromatic carbocycles. The van der Waals surface area contributed by atoms with Crippen molar-refractivity contribution in [3.63, 3.8) is 0 Å². The summed E-state index contributed by atoms with van der Waals surface area (Å²) in [5.41, 5.74) is 0. The molecule has 0 aromatic rings. The van der Waals surface area contributed by atoms with Crippen molar-refractivity contribution in [2.75, 3.05) is 39.6 Å². The van der Waals surface area contributed by atoms with Gasteiger partial charge in [0.05, 0.1) is 26.4 Å². The van der Waals surface area contributed by atoms with Gasteiger partial charge in [-0.1, -0.05) is 321 Å². The molecule has 0 amide bonds. The van der Waals surface area contributed by atoms with Crippen molar-refractivity contribution in [1.82, 2.24) is 0 Å². The lowest BCUT2D eigenvalue weighted by Crippen LogP contribution is -2.30. The molecule has 0 aliphatic rings. The van der Waals surface area contributed by atoms with Gasteiger partial charge in [-0.2, -0.15) is 0 Å².